The number of rotatable bonds is 6. The molecule has 0 fully saturated rings. The molecule has 21 heavy (non-hydrogen) atoms. The second kappa shape index (κ2) is 6.76. The van der Waals surface area contributed by atoms with Gasteiger partial charge in [-0.1, -0.05) is 13.3 Å². The summed E-state index contributed by atoms with van der Waals surface area (Å²) >= 11 is 1.47. The highest BCUT2D eigenvalue weighted by Crippen LogP contribution is 2.31. The number of ketones is 1. The van der Waals surface area contributed by atoms with Crippen LogP contribution in [0.15, 0.2) is 24.3 Å². The van der Waals surface area contributed by atoms with Crippen LogP contribution in [0.3, 0.4) is 0 Å². The molecule has 0 unspecified atom stereocenters. The number of aryl methyl sites for hydroxylation is 1. The van der Waals surface area contributed by atoms with Gasteiger partial charge < -0.3 is 10.5 Å². The Labute approximate surface area is 129 Å². The number of carbonyl (C=O) groups excluding carboxylic acids is 1. The first-order valence-corrected chi connectivity index (χ1v) is 7.99. The molecule has 0 atom stereocenters. The van der Waals surface area contributed by atoms with Gasteiger partial charge in [0, 0.05) is 10.4 Å². The number of anilines is 1. The Kier molecular flexibility index (Phi) is 5.02. The van der Waals surface area contributed by atoms with Crippen LogP contribution in [0, 0.1) is 13.8 Å². The van der Waals surface area contributed by atoms with Gasteiger partial charge in [0.25, 0.3) is 0 Å². The lowest BCUT2D eigenvalue weighted by atomic mass is 10.0. The van der Waals surface area contributed by atoms with Gasteiger partial charge in [0.1, 0.15) is 5.75 Å². The Morgan fingerprint density at radius 2 is 1.90 bits per heavy atom. The lowest BCUT2D eigenvalue weighted by molar-refractivity contribution is 0.103. The molecular formula is C17H21NO2S. The highest BCUT2D eigenvalue weighted by Gasteiger charge is 2.19. The summed E-state index contributed by atoms with van der Waals surface area (Å²) in [5, 5.41) is 0.596. The number of thiophene rings is 1. The lowest BCUT2D eigenvalue weighted by Crippen LogP contribution is -2.05. The summed E-state index contributed by atoms with van der Waals surface area (Å²) < 4.78 is 5.60. The molecule has 1 heterocycles. The largest absolute Gasteiger partial charge is 0.494 e. The summed E-state index contributed by atoms with van der Waals surface area (Å²) in [4.78, 5) is 13.7. The molecule has 1 aromatic carbocycles. The Morgan fingerprint density at radius 1 is 1.24 bits per heavy atom. The molecule has 2 rings (SSSR count). The van der Waals surface area contributed by atoms with E-state index in [4.69, 9.17) is 10.5 Å². The van der Waals surface area contributed by atoms with Crippen molar-refractivity contribution < 1.29 is 9.53 Å². The van der Waals surface area contributed by atoms with Gasteiger partial charge in [-0.2, -0.15) is 0 Å². The van der Waals surface area contributed by atoms with Crippen molar-refractivity contribution in [3.8, 4) is 5.75 Å². The number of nitrogens with two attached hydrogens (primary N) is 1. The summed E-state index contributed by atoms with van der Waals surface area (Å²) in [5.41, 5.74) is 8.22. The molecule has 0 spiro atoms. The zero-order chi connectivity index (χ0) is 15.4. The second-order valence-electron chi connectivity index (χ2n) is 5.08. The van der Waals surface area contributed by atoms with E-state index in [1.54, 1.807) is 12.1 Å². The van der Waals surface area contributed by atoms with Crippen molar-refractivity contribution >= 4 is 22.1 Å². The highest BCUT2D eigenvalue weighted by atomic mass is 32.1. The molecule has 3 nitrogen and oxygen atoms in total. The van der Waals surface area contributed by atoms with E-state index >= 15 is 0 Å². The standard InChI is InChI=1S/C17H21NO2S/c1-4-5-10-20-14-8-6-13(7-9-14)16(19)15-11(2)12(3)21-17(15)18/h6-9H,4-5,10,18H2,1-3H3. The zero-order valence-electron chi connectivity index (χ0n) is 12.7. The van der Waals surface area contributed by atoms with Crippen LogP contribution in [0.5, 0.6) is 5.75 Å². The van der Waals surface area contributed by atoms with Gasteiger partial charge in [0.05, 0.1) is 17.2 Å². The number of unbranched alkanes of at least 4 members (excludes halogenated alkanes) is 1. The Bertz CT molecular complexity index is 629. The molecule has 0 radical (unpaired) electrons. The van der Waals surface area contributed by atoms with Crippen LogP contribution in [0.4, 0.5) is 5.00 Å². The normalized spacial score (nSPS) is 10.6. The maximum atomic E-state index is 12.6. The summed E-state index contributed by atoms with van der Waals surface area (Å²) in [6.45, 7) is 6.76. The first-order chi connectivity index (χ1) is 10.0. The number of ether oxygens (including phenoxy) is 1. The number of hydrogen-bond donors (Lipinski definition) is 1. The minimum Gasteiger partial charge on any atom is -0.494 e. The third-order valence-corrected chi connectivity index (χ3v) is 4.56. The van der Waals surface area contributed by atoms with Crippen LogP contribution in [-0.2, 0) is 0 Å². The topological polar surface area (TPSA) is 52.3 Å². The fourth-order valence-corrected chi connectivity index (χ4v) is 3.05. The van der Waals surface area contributed by atoms with Crippen molar-refractivity contribution in [2.45, 2.75) is 33.6 Å². The maximum absolute atomic E-state index is 12.6. The summed E-state index contributed by atoms with van der Waals surface area (Å²) in [6, 6.07) is 7.28. The van der Waals surface area contributed by atoms with Gasteiger partial charge >= 0.3 is 0 Å². The Balaban J connectivity index is 2.16. The molecule has 0 amide bonds. The molecule has 0 aliphatic carbocycles. The second-order valence-corrected chi connectivity index (χ2v) is 6.33. The first-order valence-electron chi connectivity index (χ1n) is 7.17. The van der Waals surface area contributed by atoms with Crippen LogP contribution < -0.4 is 10.5 Å². The number of nitrogen functional groups attached to an aromatic ring is 1. The molecule has 1 aromatic heterocycles. The van der Waals surface area contributed by atoms with Crippen molar-refractivity contribution in [2.75, 3.05) is 12.3 Å². The van der Waals surface area contributed by atoms with Crippen molar-refractivity contribution in [1.82, 2.24) is 0 Å². The molecular weight excluding hydrogens is 282 g/mol. The molecule has 0 aliphatic heterocycles. The summed E-state index contributed by atoms with van der Waals surface area (Å²) in [6.07, 6.45) is 2.14. The number of hydrogen-bond acceptors (Lipinski definition) is 4. The van der Waals surface area contributed by atoms with E-state index in [-0.39, 0.29) is 5.78 Å². The fraction of sp³-hybridized carbons (Fsp3) is 0.353. The maximum Gasteiger partial charge on any atom is 0.196 e. The van der Waals surface area contributed by atoms with E-state index < -0.39 is 0 Å². The van der Waals surface area contributed by atoms with Crippen molar-refractivity contribution in [2.24, 2.45) is 0 Å². The average molecular weight is 303 g/mol. The molecule has 4 heteroatoms. The lowest BCUT2D eigenvalue weighted by Gasteiger charge is -2.07. The van der Waals surface area contributed by atoms with E-state index in [1.165, 1.54) is 11.3 Å². The molecule has 112 valence electrons. The van der Waals surface area contributed by atoms with Crippen molar-refractivity contribution in [3.63, 3.8) is 0 Å². The molecule has 0 saturated carbocycles. The summed E-state index contributed by atoms with van der Waals surface area (Å²) in [7, 11) is 0. The van der Waals surface area contributed by atoms with Crippen LogP contribution in [0.25, 0.3) is 0 Å². The quantitative estimate of drug-likeness (QED) is 0.637. The van der Waals surface area contributed by atoms with E-state index in [2.05, 4.69) is 6.92 Å². The van der Waals surface area contributed by atoms with Gasteiger partial charge in [0.2, 0.25) is 0 Å². The van der Waals surface area contributed by atoms with E-state index in [9.17, 15) is 4.79 Å². The van der Waals surface area contributed by atoms with Crippen LogP contribution in [0.1, 0.15) is 46.1 Å². The average Bonchev–Trinajstić information content (AvgIpc) is 2.72. The molecule has 2 aromatic rings. The van der Waals surface area contributed by atoms with Gasteiger partial charge in [-0.25, -0.2) is 0 Å². The Hall–Kier alpha value is -1.81. The minimum atomic E-state index is -0.0190. The SMILES string of the molecule is CCCCOc1ccc(C(=O)c2c(N)sc(C)c2C)cc1. The van der Waals surface area contributed by atoms with Crippen LogP contribution >= 0.6 is 11.3 Å². The molecule has 0 aliphatic rings. The third-order valence-electron chi connectivity index (χ3n) is 3.52. The first kappa shape index (κ1) is 15.6. The van der Waals surface area contributed by atoms with Gasteiger partial charge in [-0.3, -0.25) is 4.79 Å². The minimum absolute atomic E-state index is 0.0190. The summed E-state index contributed by atoms with van der Waals surface area (Å²) in [5.74, 6) is 0.778. The van der Waals surface area contributed by atoms with Crippen molar-refractivity contribution in [3.05, 3.63) is 45.8 Å². The monoisotopic (exact) mass is 303 g/mol. The van der Waals surface area contributed by atoms with Gasteiger partial charge in [0.15, 0.2) is 5.78 Å². The Morgan fingerprint density at radius 3 is 2.43 bits per heavy atom. The smallest absolute Gasteiger partial charge is 0.196 e. The van der Waals surface area contributed by atoms with Crippen LogP contribution in [-0.4, -0.2) is 12.4 Å². The predicted octanol–water partition coefficient (Wildman–Crippen LogP) is 4.36. The van der Waals surface area contributed by atoms with Crippen LogP contribution in [0.2, 0.25) is 0 Å². The van der Waals surface area contributed by atoms with E-state index in [0.29, 0.717) is 22.7 Å². The fourth-order valence-electron chi connectivity index (χ4n) is 2.12. The molecule has 2 N–H and O–H groups in total. The zero-order valence-corrected chi connectivity index (χ0v) is 13.5. The predicted molar refractivity (Wildman–Crippen MR) is 88.5 cm³/mol. The van der Waals surface area contributed by atoms with E-state index in [1.807, 2.05) is 26.0 Å². The number of benzene rings is 1. The van der Waals surface area contributed by atoms with E-state index in [0.717, 1.165) is 29.0 Å². The van der Waals surface area contributed by atoms with Crippen molar-refractivity contribution in [1.29, 1.82) is 0 Å². The van der Waals surface area contributed by atoms with Gasteiger partial charge in [-0.05, 0) is 50.1 Å². The molecule has 0 saturated heterocycles. The highest BCUT2D eigenvalue weighted by molar-refractivity contribution is 7.16. The third kappa shape index (κ3) is 3.45. The van der Waals surface area contributed by atoms with Gasteiger partial charge in [-0.15, -0.1) is 11.3 Å². The number of carbonyl (C=O) groups is 1. The molecule has 0 bridgehead atoms.